The Kier molecular flexibility index (Phi) is 4.60. The lowest BCUT2D eigenvalue weighted by Gasteiger charge is -2.25. The summed E-state index contributed by atoms with van der Waals surface area (Å²) in [5.74, 6) is -1.13. The summed E-state index contributed by atoms with van der Waals surface area (Å²) in [6.45, 7) is 1.38. The molecule has 1 fully saturated rings. The largest absolute Gasteiger partial charge is 0.478 e. The highest BCUT2D eigenvalue weighted by Crippen LogP contribution is 2.19. The lowest BCUT2D eigenvalue weighted by molar-refractivity contribution is 0.0696. The first kappa shape index (κ1) is 15.9. The topological polar surface area (TPSA) is 90.8 Å². The van der Waals surface area contributed by atoms with Gasteiger partial charge in [-0.05, 0) is 38.6 Å². The first-order valence-corrected chi connectivity index (χ1v) is 8.12. The molecule has 21 heavy (non-hydrogen) atoms. The van der Waals surface area contributed by atoms with Gasteiger partial charge in [0.1, 0.15) is 0 Å². The molecular formula is C13H19N3O4S. The Labute approximate surface area is 124 Å². The molecule has 2 heterocycles. The predicted octanol–water partition coefficient (Wildman–Crippen LogP) is 0.494. The molecule has 8 heteroatoms. The summed E-state index contributed by atoms with van der Waals surface area (Å²) in [7, 11) is -0.183. The fourth-order valence-corrected chi connectivity index (χ4v) is 3.54. The smallest absolute Gasteiger partial charge is 0.337 e. The van der Waals surface area contributed by atoms with Gasteiger partial charge < -0.3 is 10.0 Å². The number of likely N-dealkylation sites (N-methyl/N-ethyl adjacent to an activating group) is 2. The average Bonchev–Trinajstić information content (AvgIpc) is 2.84. The number of hydrogen-bond acceptors (Lipinski definition) is 5. The molecule has 1 aromatic heterocycles. The van der Waals surface area contributed by atoms with E-state index in [1.54, 1.807) is 0 Å². The highest BCUT2D eigenvalue weighted by molar-refractivity contribution is 7.89. The third-order valence-corrected chi connectivity index (χ3v) is 5.54. The van der Waals surface area contributed by atoms with Gasteiger partial charge in [0.2, 0.25) is 0 Å². The molecule has 0 aromatic carbocycles. The summed E-state index contributed by atoms with van der Waals surface area (Å²) in [4.78, 5) is 16.7. The van der Waals surface area contributed by atoms with Crippen molar-refractivity contribution >= 4 is 16.0 Å². The van der Waals surface area contributed by atoms with Crippen LogP contribution in [0.2, 0.25) is 0 Å². The molecule has 116 valence electrons. The minimum absolute atomic E-state index is 0.0351. The van der Waals surface area contributed by atoms with Crippen LogP contribution in [0.5, 0.6) is 0 Å². The van der Waals surface area contributed by atoms with Crippen LogP contribution in [0.3, 0.4) is 0 Å². The van der Waals surface area contributed by atoms with Crippen molar-refractivity contribution in [2.45, 2.75) is 23.9 Å². The van der Waals surface area contributed by atoms with Gasteiger partial charge in [0.25, 0.3) is 10.0 Å². The summed E-state index contributed by atoms with van der Waals surface area (Å²) >= 11 is 0. The van der Waals surface area contributed by atoms with E-state index < -0.39 is 16.0 Å². The van der Waals surface area contributed by atoms with E-state index in [4.69, 9.17) is 5.11 Å². The van der Waals surface area contributed by atoms with Crippen LogP contribution in [-0.2, 0) is 10.0 Å². The van der Waals surface area contributed by atoms with Crippen molar-refractivity contribution in [3.05, 3.63) is 23.9 Å². The molecule has 0 spiro atoms. The lowest BCUT2D eigenvalue weighted by Crippen LogP contribution is -2.39. The number of rotatable bonds is 5. The van der Waals surface area contributed by atoms with Gasteiger partial charge in [0.05, 0.1) is 5.56 Å². The number of nitrogens with zero attached hydrogens (tertiary/aromatic N) is 3. The van der Waals surface area contributed by atoms with Crippen LogP contribution >= 0.6 is 0 Å². The van der Waals surface area contributed by atoms with Gasteiger partial charge in [0, 0.05) is 25.8 Å². The van der Waals surface area contributed by atoms with E-state index in [1.165, 1.54) is 23.5 Å². The van der Waals surface area contributed by atoms with Crippen LogP contribution in [0.1, 0.15) is 23.2 Å². The molecular weight excluding hydrogens is 294 g/mol. The van der Waals surface area contributed by atoms with Crippen LogP contribution < -0.4 is 0 Å². The van der Waals surface area contributed by atoms with E-state index in [9.17, 15) is 13.2 Å². The maximum Gasteiger partial charge on any atom is 0.337 e. The molecule has 1 unspecified atom stereocenters. The Bertz CT molecular complexity index is 615. The Balaban J connectivity index is 2.14. The highest BCUT2D eigenvalue weighted by Gasteiger charge is 2.28. The minimum atomic E-state index is -3.69. The summed E-state index contributed by atoms with van der Waals surface area (Å²) < 4.78 is 26.1. The van der Waals surface area contributed by atoms with Gasteiger partial charge in [-0.15, -0.1) is 0 Å². The molecule has 1 saturated heterocycles. The van der Waals surface area contributed by atoms with Crippen LogP contribution in [0.15, 0.2) is 23.4 Å². The van der Waals surface area contributed by atoms with E-state index >= 15 is 0 Å². The third-order valence-electron chi connectivity index (χ3n) is 3.80. The molecule has 1 aliphatic rings. The Morgan fingerprint density at radius 3 is 2.71 bits per heavy atom. The normalized spacial score (nSPS) is 20.0. The molecule has 2 rings (SSSR count). The summed E-state index contributed by atoms with van der Waals surface area (Å²) in [6, 6.07) is 2.69. The zero-order valence-electron chi connectivity index (χ0n) is 12.1. The third kappa shape index (κ3) is 3.39. The van der Waals surface area contributed by atoms with Crippen molar-refractivity contribution in [1.29, 1.82) is 0 Å². The molecule has 0 aliphatic carbocycles. The van der Waals surface area contributed by atoms with E-state index in [1.807, 2.05) is 7.05 Å². The number of carboxylic acid groups (broad SMARTS) is 1. The number of sulfonamides is 1. The zero-order chi connectivity index (χ0) is 15.6. The van der Waals surface area contributed by atoms with Gasteiger partial charge in [-0.2, -0.15) is 4.31 Å². The van der Waals surface area contributed by atoms with Crippen molar-refractivity contribution in [3.63, 3.8) is 0 Å². The van der Waals surface area contributed by atoms with Crippen molar-refractivity contribution in [2.24, 2.45) is 0 Å². The molecule has 1 aliphatic heterocycles. The highest BCUT2D eigenvalue weighted by atomic mass is 32.2. The van der Waals surface area contributed by atoms with Crippen molar-refractivity contribution in [1.82, 2.24) is 14.2 Å². The fraction of sp³-hybridized carbons (Fsp3) is 0.538. The number of aromatic nitrogens is 1. The molecule has 1 atom stereocenters. The zero-order valence-corrected chi connectivity index (χ0v) is 12.9. The second kappa shape index (κ2) is 6.08. The quantitative estimate of drug-likeness (QED) is 0.851. The molecule has 1 N–H and O–H groups in total. The lowest BCUT2D eigenvalue weighted by atomic mass is 10.2. The van der Waals surface area contributed by atoms with Gasteiger partial charge in [-0.25, -0.2) is 18.2 Å². The number of hydrogen-bond donors (Lipinski definition) is 1. The molecule has 0 radical (unpaired) electrons. The molecule has 0 amide bonds. The van der Waals surface area contributed by atoms with Crippen LogP contribution in [0.25, 0.3) is 0 Å². The van der Waals surface area contributed by atoms with Crippen LogP contribution in [0, 0.1) is 0 Å². The van der Waals surface area contributed by atoms with Crippen molar-refractivity contribution in [3.8, 4) is 0 Å². The molecule has 0 bridgehead atoms. The number of likely N-dealkylation sites (tertiary alicyclic amines) is 1. The first-order valence-electron chi connectivity index (χ1n) is 6.68. The second-order valence-electron chi connectivity index (χ2n) is 5.25. The van der Waals surface area contributed by atoms with Crippen LogP contribution in [-0.4, -0.2) is 66.9 Å². The number of carboxylic acids is 1. The van der Waals surface area contributed by atoms with Gasteiger partial charge in [-0.1, -0.05) is 0 Å². The Hall–Kier alpha value is -1.51. The average molecular weight is 313 g/mol. The maximum absolute atomic E-state index is 12.4. The number of carbonyl (C=O) groups is 1. The Morgan fingerprint density at radius 1 is 1.52 bits per heavy atom. The molecule has 0 saturated carbocycles. The predicted molar refractivity (Wildman–Crippen MR) is 76.7 cm³/mol. The van der Waals surface area contributed by atoms with Crippen molar-refractivity contribution < 1.29 is 18.3 Å². The number of aromatic carboxylic acids is 1. The standard InChI is InChI=1S/C13H19N3O4S/c1-15-7-3-4-11(15)9-16(2)21(19,20)12-6-5-10(8-14-12)13(17)18/h5-6,8,11H,3-4,7,9H2,1-2H3,(H,17,18). The van der Waals surface area contributed by atoms with E-state index in [0.717, 1.165) is 25.6 Å². The van der Waals surface area contributed by atoms with E-state index in [0.29, 0.717) is 6.54 Å². The summed E-state index contributed by atoms with van der Waals surface area (Å²) in [6.07, 6.45) is 3.10. The van der Waals surface area contributed by atoms with Gasteiger partial charge in [0.15, 0.2) is 5.03 Å². The molecule has 1 aromatic rings. The summed E-state index contributed by atoms with van der Waals surface area (Å²) in [5.41, 5.74) is -0.0351. The van der Waals surface area contributed by atoms with E-state index in [-0.39, 0.29) is 16.6 Å². The summed E-state index contributed by atoms with van der Waals surface area (Å²) in [5, 5.41) is 8.67. The van der Waals surface area contributed by atoms with Gasteiger partial charge in [-0.3, -0.25) is 0 Å². The van der Waals surface area contributed by atoms with Crippen molar-refractivity contribution in [2.75, 3.05) is 27.2 Å². The number of pyridine rings is 1. The monoisotopic (exact) mass is 313 g/mol. The van der Waals surface area contributed by atoms with Gasteiger partial charge >= 0.3 is 5.97 Å². The SMILES string of the molecule is CN1CCCC1CN(C)S(=O)(=O)c1ccc(C(=O)O)cn1. The molecule has 7 nitrogen and oxygen atoms in total. The maximum atomic E-state index is 12.4. The Morgan fingerprint density at radius 2 is 2.24 bits per heavy atom. The fourth-order valence-electron chi connectivity index (χ4n) is 2.42. The minimum Gasteiger partial charge on any atom is -0.478 e. The van der Waals surface area contributed by atoms with Crippen LogP contribution in [0.4, 0.5) is 0 Å². The van der Waals surface area contributed by atoms with E-state index in [2.05, 4.69) is 9.88 Å². The first-order chi connectivity index (χ1) is 9.82. The second-order valence-corrected chi connectivity index (χ2v) is 7.24.